The van der Waals surface area contributed by atoms with Crippen molar-refractivity contribution >= 4 is 18.7 Å². The molecule has 0 radical (unpaired) electrons. The van der Waals surface area contributed by atoms with Gasteiger partial charge in [-0.2, -0.15) is 0 Å². The number of aliphatic hydroxyl groups excluding tert-OH is 2. The van der Waals surface area contributed by atoms with Crippen LogP contribution in [0.2, 0.25) is 5.04 Å². The highest BCUT2D eigenvalue weighted by molar-refractivity contribution is 6.99. The second kappa shape index (κ2) is 9.44. The molecule has 0 saturated carbocycles. The molecular formula is C24H30O5Si. The average molecular weight is 427 g/mol. The Bertz CT molecular complexity index is 804. The van der Waals surface area contributed by atoms with E-state index in [1.807, 2.05) is 36.4 Å². The van der Waals surface area contributed by atoms with Crippen LogP contribution in [0.5, 0.6) is 0 Å². The number of ether oxygens (including phenoxy) is 2. The Balaban J connectivity index is 1.99. The van der Waals surface area contributed by atoms with Crippen molar-refractivity contribution in [2.24, 2.45) is 0 Å². The van der Waals surface area contributed by atoms with E-state index in [-0.39, 0.29) is 18.3 Å². The first-order chi connectivity index (χ1) is 14.3. The second-order valence-corrected chi connectivity index (χ2v) is 12.8. The molecular weight excluding hydrogens is 396 g/mol. The molecule has 1 saturated heterocycles. The number of terminal acetylenes is 1. The maximum atomic E-state index is 10.3. The maximum Gasteiger partial charge on any atom is 0.261 e. The Morgan fingerprint density at radius 1 is 1.00 bits per heavy atom. The lowest BCUT2D eigenvalue weighted by Gasteiger charge is -2.43. The molecule has 0 aromatic heterocycles. The zero-order valence-electron chi connectivity index (χ0n) is 17.7. The molecule has 1 fully saturated rings. The van der Waals surface area contributed by atoms with E-state index in [1.165, 1.54) is 0 Å². The normalized spacial score (nSPS) is 24.5. The van der Waals surface area contributed by atoms with Crippen LogP contribution >= 0.6 is 0 Å². The molecule has 4 atom stereocenters. The summed E-state index contributed by atoms with van der Waals surface area (Å²) in [5, 5.41) is 22.4. The average Bonchev–Trinajstić information content (AvgIpc) is 3.00. The Labute approximate surface area is 179 Å². The van der Waals surface area contributed by atoms with Crippen LogP contribution in [0.25, 0.3) is 0 Å². The number of rotatable bonds is 7. The highest BCUT2D eigenvalue weighted by atomic mass is 28.4. The van der Waals surface area contributed by atoms with E-state index < -0.39 is 32.9 Å². The van der Waals surface area contributed by atoms with E-state index >= 15 is 0 Å². The lowest BCUT2D eigenvalue weighted by atomic mass is 10.1. The molecule has 5 nitrogen and oxygen atoms in total. The van der Waals surface area contributed by atoms with Gasteiger partial charge in [0.2, 0.25) is 0 Å². The molecule has 2 aromatic rings. The zero-order valence-corrected chi connectivity index (χ0v) is 18.7. The zero-order chi connectivity index (χ0) is 21.8. The summed E-state index contributed by atoms with van der Waals surface area (Å²) in [6.07, 6.45) is 1.40. The van der Waals surface area contributed by atoms with Crippen LogP contribution < -0.4 is 10.4 Å². The molecule has 0 bridgehead atoms. The SMILES string of the molecule is C#CCO[C@H]1[C@@H](O)[C@H](O)O[C@@H]1CO[Si](c1ccccc1)(c1ccccc1)C(C)(C)C. The molecule has 30 heavy (non-hydrogen) atoms. The predicted octanol–water partition coefficient (Wildman–Crippen LogP) is 1.66. The van der Waals surface area contributed by atoms with E-state index in [0.29, 0.717) is 0 Å². The minimum Gasteiger partial charge on any atom is -0.405 e. The van der Waals surface area contributed by atoms with Gasteiger partial charge in [0.05, 0.1) is 6.61 Å². The largest absolute Gasteiger partial charge is 0.405 e. The third-order valence-electron chi connectivity index (χ3n) is 5.55. The molecule has 6 heteroatoms. The van der Waals surface area contributed by atoms with Gasteiger partial charge < -0.3 is 24.1 Å². The highest BCUT2D eigenvalue weighted by Crippen LogP contribution is 2.37. The maximum absolute atomic E-state index is 10.3. The van der Waals surface area contributed by atoms with Crippen molar-refractivity contribution in [2.45, 2.75) is 50.4 Å². The fraction of sp³-hybridized carbons (Fsp3) is 0.417. The Morgan fingerprint density at radius 3 is 2.00 bits per heavy atom. The van der Waals surface area contributed by atoms with Gasteiger partial charge in [0.15, 0.2) is 6.29 Å². The lowest BCUT2D eigenvalue weighted by Crippen LogP contribution is -2.67. The summed E-state index contributed by atoms with van der Waals surface area (Å²) in [6, 6.07) is 20.5. The van der Waals surface area contributed by atoms with Gasteiger partial charge in [-0.1, -0.05) is 87.4 Å². The van der Waals surface area contributed by atoms with E-state index in [9.17, 15) is 10.2 Å². The molecule has 2 aromatic carbocycles. The number of aliphatic hydroxyl groups is 2. The van der Waals surface area contributed by atoms with Gasteiger partial charge in [0.25, 0.3) is 8.32 Å². The minimum absolute atomic E-state index is 0.0213. The molecule has 1 aliphatic rings. The van der Waals surface area contributed by atoms with Crippen LogP contribution in [0.1, 0.15) is 20.8 Å². The van der Waals surface area contributed by atoms with E-state index in [2.05, 4.69) is 51.0 Å². The lowest BCUT2D eigenvalue weighted by molar-refractivity contribution is -0.132. The number of benzene rings is 2. The molecule has 160 valence electrons. The van der Waals surface area contributed by atoms with Crippen LogP contribution in [0.15, 0.2) is 60.7 Å². The first-order valence-corrected chi connectivity index (χ1v) is 12.0. The Morgan fingerprint density at radius 2 is 1.53 bits per heavy atom. The molecule has 3 rings (SSSR count). The fourth-order valence-electron chi connectivity index (χ4n) is 4.17. The highest BCUT2D eigenvalue weighted by Gasteiger charge is 2.52. The number of hydrogen-bond donors (Lipinski definition) is 2. The first-order valence-electron chi connectivity index (χ1n) is 10.1. The third kappa shape index (κ3) is 4.37. The second-order valence-electron chi connectivity index (χ2n) is 8.51. The summed E-state index contributed by atoms with van der Waals surface area (Å²) < 4.78 is 18.0. The van der Waals surface area contributed by atoms with Crippen molar-refractivity contribution in [1.29, 1.82) is 0 Å². The van der Waals surface area contributed by atoms with Gasteiger partial charge in [-0.3, -0.25) is 0 Å². The molecule has 0 spiro atoms. The summed E-state index contributed by atoms with van der Waals surface area (Å²) in [5.74, 6) is 2.40. The molecule has 0 amide bonds. The van der Waals surface area contributed by atoms with Crippen molar-refractivity contribution in [1.82, 2.24) is 0 Å². The van der Waals surface area contributed by atoms with Crippen LogP contribution in [-0.4, -0.2) is 56.3 Å². The monoisotopic (exact) mass is 426 g/mol. The Hall–Kier alpha value is -1.98. The molecule has 1 aliphatic heterocycles. The predicted molar refractivity (Wildman–Crippen MR) is 119 cm³/mol. The molecule has 0 aliphatic carbocycles. The standard InChI is InChI=1S/C24H30O5Si/c1-5-16-27-22-20(29-23(26)21(22)25)17-28-30(24(2,3)4,18-12-8-6-9-13-18)19-14-10-7-11-15-19/h1,6-15,20-23,25-26H,16-17H2,2-4H3/t20-,21-,22-,23-/m1/s1. The van der Waals surface area contributed by atoms with E-state index in [0.717, 1.165) is 10.4 Å². The summed E-state index contributed by atoms with van der Waals surface area (Å²) in [5.41, 5.74) is 0. The van der Waals surface area contributed by atoms with Crippen molar-refractivity contribution < 1.29 is 24.1 Å². The van der Waals surface area contributed by atoms with Crippen molar-refractivity contribution in [3.05, 3.63) is 60.7 Å². The van der Waals surface area contributed by atoms with Gasteiger partial charge >= 0.3 is 0 Å². The first kappa shape index (κ1) is 22.7. The van der Waals surface area contributed by atoms with E-state index in [1.54, 1.807) is 0 Å². The Kier molecular flexibility index (Phi) is 7.14. The number of hydrogen-bond acceptors (Lipinski definition) is 5. The van der Waals surface area contributed by atoms with Crippen LogP contribution in [-0.2, 0) is 13.9 Å². The molecule has 1 heterocycles. The molecule has 2 N–H and O–H groups in total. The van der Waals surface area contributed by atoms with Gasteiger partial charge in [0, 0.05) is 0 Å². The van der Waals surface area contributed by atoms with Crippen molar-refractivity contribution in [3.8, 4) is 12.3 Å². The summed E-state index contributed by atoms with van der Waals surface area (Å²) in [7, 11) is -2.76. The summed E-state index contributed by atoms with van der Waals surface area (Å²) >= 11 is 0. The van der Waals surface area contributed by atoms with Gasteiger partial charge in [-0.25, -0.2) is 0 Å². The quantitative estimate of drug-likeness (QED) is 0.521. The third-order valence-corrected chi connectivity index (χ3v) is 10.6. The smallest absolute Gasteiger partial charge is 0.261 e. The van der Waals surface area contributed by atoms with Crippen molar-refractivity contribution in [3.63, 3.8) is 0 Å². The van der Waals surface area contributed by atoms with Gasteiger partial charge in [-0.05, 0) is 15.4 Å². The molecule has 0 unspecified atom stereocenters. The topological polar surface area (TPSA) is 68.2 Å². The van der Waals surface area contributed by atoms with Gasteiger partial charge in [-0.15, -0.1) is 6.42 Å². The van der Waals surface area contributed by atoms with Crippen LogP contribution in [0, 0.1) is 12.3 Å². The summed E-state index contributed by atoms with van der Waals surface area (Å²) in [4.78, 5) is 0. The van der Waals surface area contributed by atoms with Crippen molar-refractivity contribution in [2.75, 3.05) is 13.2 Å². The van der Waals surface area contributed by atoms with Gasteiger partial charge in [0.1, 0.15) is 24.9 Å². The minimum atomic E-state index is -2.76. The van der Waals surface area contributed by atoms with Crippen LogP contribution in [0.3, 0.4) is 0 Å². The van der Waals surface area contributed by atoms with E-state index in [4.69, 9.17) is 20.3 Å². The fourth-order valence-corrected chi connectivity index (χ4v) is 8.74. The summed E-state index contributed by atoms with van der Waals surface area (Å²) in [6.45, 7) is 6.74. The van der Waals surface area contributed by atoms with Crippen LogP contribution in [0.4, 0.5) is 0 Å².